The summed E-state index contributed by atoms with van der Waals surface area (Å²) in [5.41, 5.74) is 0. The quantitative estimate of drug-likeness (QED) is 0.193. The average molecular weight is 734 g/mol. The van der Waals surface area contributed by atoms with Crippen LogP contribution < -0.4 is 0 Å². The van der Waals surface area contributed by atoms with Crippen molar-refractivity contribution in [3.63, 3.8) is 0 Å². The minimum atomic E-state index is 0. The predicted octanol–water partition coefficient (Wildman–Crippen LogP) is 12.5. The number of hydrogen-bond donors (Lipinski definition) is 0. The van der Waals surface area contributed by atoms with Crippen LogP contribution in [-0.4, -0.2) is 36.3 Å². The molecule has 6 saturated carbocycles. The summed E-state index contributed by atoms with van der Waals surface area (Å²) < 4.78 is 0. The fraction of sp³-hybridized carbons (Fsp3) is 0.973. The molecular formula is C37H69HfN3. The first kappa shape index (κ1) is 37.9. The molecule has 0 atom stereocenters. The van der Waals surface area contributed by atoms with E-state index in [2.05, 4.69) is 0 Å². The summed E-state index contributed by atoms with van der Waals surface area (Å²) >= 11 is 0. The van der Waals surface area contributed by atoms with E-state index in [1.807, 2.05) is 0 Å². The largest absolute Gasteiger partial charge is 4.00 e. The van der Waals surface area contributed by atoms with Crippen LogP contribution in [0.5, 0.6) is 0 Å². The van der Waals surface area contributed by atoms with Gasteiger partial charge in [-0.1, -0.05) is 193 Å². The molecule has 6 fully saturated rings. The fourth-order valence-electron chi connectivity index (χ4n) is 8.28. The van der Waals surface area contributed by atoms with Crippen molar-refractivity contribution in [3.8, 4) is 0 Å². The van der Waals surface area contributed by atoms with Crippen LogP contribution in [0.4, 0.5) is 0 Å². The Kier molecular flexibility index (Phi) is 22.2. The third kappa shape index (κ3) is 16.6. The van der Waals surface area contributed by atoms with Gasteiger partial charge < -0.3 is 23.4 Å². The van der Waals surface area contributed by atoms with Crippen LogP contribution in [0.3, 0.4) is 0 Å². The maximum absolute atomic E-state index is 5.00. The van der Waals surface area contributed by atoms with E-state index < -0.39 is 0 Å². The Bertz CT molecular complexity index is 436. The molecule has 236 valence electrons. The average Bonchev–Trinajstić information content (AvgIpc) is 3.01. The first-order valence-electron chi connectivity index (χ1n) is 18.4. The van der Waals surface area contributed by atoms with Crippen LogP contribution >= 0.6 is 0 Å². The molecule has 0 heterocycles. The second-order valence-corrected chi connectivity index (χ2v) is 14.2. The van der Waals surface area contributed by atoms with Crippen LogP contribution in [0, 0.1) is 7.43 Å². The molecule has 0 radical (unpaired) electrons. The molecule has 4 heteroatoms. The van der Waals surface area contributed by atoms with Crippen LogP contribution in [0.25, 0.3) is 16.0 Å². The maximum Gasteiger partial charge on any atom is 4.00 e. The van der Waals surface area contributed by atoms with E-state index in [9.17, 15) is 0 Å². The first-order valence-corrected chi connectivity index (χ1v) is 18.4. The van der Waals surface area contributed by atoms with Crippen molar-refractivity contribution in [2.24, 2.45) is 0 Å². The van der Waals surface area contributed by atoms with E-state index in [1.165, 1.54) is 193 Å². The molecule has 0 bridgehead atoms. The van der Waals surface area contributed by atoms with E-state index in [0.717, 1.165) is 36.3 Å². The van der Waals surface area contributed by atoms with Crippen molar-refractivity contribution >= 4 is 0 Å². The number of nitrogens with zero attached hydrogens (tertiary/aromatic N) is 3. The molecule has 0 unspecified atom stereocenters. The molecule has 0 N–H and O–H groups in total. The van der Waals surface area contributed by atoms with Gasteiger partial charge >= 0.3 is 25.8 Å². The van der Waals surface area contributed by atoms with Crippen LogP contribution in [-0.2, 0) is 25.8 Å². The Morgan fingerprint density at radius 1 is 0.220 bits per heavy atom. The first-order chi connectivity index (χ1) is 19.3. The molecule has 6 rings (SSSR count). The molecule has 0 aliphatic heterocycles. The fourth-order valence-corrected chi connectivity index (χ4v) is 8.28. The number of hydrogen-bond acceptors (Lipinski definition) is 0. The second-order valence-electron chi connectivity index (χ2n) is 14.2. The molecule has 41 heavy (non-hydrogen) atoms. The Morgan fingerprint density at radius 3 is 0.463 bits per heavy atom. The van der Waals surface area contributed by atoms with Crippen molar-refractivity contribution in [1.29, 1.82) is 0 Å². The van der Waals surface area contributed by atoms with Crippen molar-refractivity contribution < 1.29 is 25.8 Å². The van der Waals surface area contributed by atoms with Gasteiger partial charge in [-0.3, -0.25) is 0 Å². The summed E-state index contributed by atoms with van der Waals surface area (Å²) in [6.07, 6.45) is 42.5. The second kappa shape index (κ2) is 24.0. The van der Waals surface area contributed by atoms with E-state index in [-0.39, 0.29) is 33.3 Å². The smallest absolute Gasteiger partial charge is 0.657 e. The van der Waals surface area contributed by atoms with Gasteiger partial charge in [-0.05, 0) is 0 Å². The van der Waals surface area contributed by atoms with E-state index in [4.69, 9.17) is 16.0 Å². The van der Waals surface area contributed by atoms with E-state index >= 15 is 0 Å². The molecule has 0 aromatic carbocycles. The molecule has 0 saturated heterocycles. The zero-order valence-corrected chi connectivity index (χ0v) is 31.1. The summed E-state index contributed by atoms with van der Waals surface area (Å²) in [6.45, 7) is 0. The zero-order chi connectivity index (χ0) is 26.8. The molecule has 3 nitrogen and oxygen atoms in total. The van der Waals surface area contributed by atoms with Gasteiger partial charge in [-0.15, -0.1) is 36.3 Å². The zero-order valence-electron chi connectivity index (χ0n) is 27.5. The van der Waals surface area contributed by atoms with Gasteiger partial charge in [-0.2, -0.15) is 0 Å². The Hall–Kier alpha value is 0.750. The maximum atomic E-state index is 5.00. The van der Waals surface area contributed by atoms with Crippen LogP contribution in [0.15, 0.2) is 0 Å². The molecule has 0 aromatic heterocycles. The summed E-state index contributed by atoms with van der Waals surface area (Å²) in [5, 5.41) is 15.0. The summed E-state index contributed by atoms with van der Waals surface area (Å²) in [6, 6.07) is 4.48. The van der Waals surface area contributed by atoms with Crippen LogP contribution in [0.1, 0.15) is 193 Å². The van der Waals surface area contributed by atoms with Crippen molar-refractivity contribution in [2.45, 2.75) is 229 Å². The standard InChI is InChI=1S/3C12H22N.CH3.Hf/c3*1-3-7-11(8-4-1)13-12-9-5-2-6-10-12;;/h3*11-12H,1-10H2;1H3;/q4*-1;+4. The molecule has 6 aliphatic rings. The Balaban J connectivity index is 0.000000210. The monoisotopic (exact) mass is 735 g/mol. The van der Waals surface area contributed by atoms with Gasteiger partial charge in [0.1, 0.15) is 0 Å². The minimum absolute atomic E-state index is 0. The van der Waals surface area contributed by atoms with Gasteiger partial charge in [0, 0.05) is 0 Å². The van der Waals surface area contributed by atoms with Crippen molar-refractivity contribution in [3.05, 3.63) is 23.4 Å². The molecular weight excluding hydrogens is 665 g/mol. The topological polar surface area (TPSA) is 42.3 Å². The van der Waals surface area contributed by atoms with E-state index in [0.29, 0.717) is 0 Å². The Labute approximate surface area is 276 Å². The molecule has 0 aromatic rings. The summed E-state index contributed by atoms with van der Waals surface area (Å²) in [7, 11) is 0. The van der Waals surface area contributed by atoms with Crippen LogP contribution in [0.2, 0.25) is 0 Å². The predicted molar refractivity (Wildman–Crippen MR) is 178 cm³/mol. The van der Waals surface area contributed by atoms with Gasteiger partial charge in [0.2, 0.25) is 0 Å². The molecule has 0 spiro atoms. The summed E-state index contributed by atoms with van der Waals surface area (Å²) in [4.78, 5) is 0. The third-order valence-electron chi connectivity index (χ3n) is 10.7. The van der Waals surface area contributed by atoms with Crippen molar-refractivity contribution in [2.75, 3.05) is 0 Å². The Morgan fingerprint density at radius 2 is 0.341 bits per heavy atom. The normalized spacial score (nSPS) is 26.3. The molecule has 6 aliphatic carbocycles. The van der Waals surface area contributed by atoms with Gasteiger partial charge in [0.25, 0.3) is 0 Å². The van der Waals surface area contributed by atoms with Gasteiger partial charge in [-0.25, -0.2) is 0 Å². The summed E-state index contributed by atoms with van der Waals surface area (Å²) in [5.74, 6) is 0. The van der Waals surface area contributed by atoms with Crippen molar-refractivity contribution in [1.82, 2.24) is 0 Å². The van der Waals surface area contributed by atoms with Gasteiger partial charge in [0.15, 0.2) is 0 Å². The minimum Gasteiger partial charge on any atom is -0.657 e. The third-order valence-corrected chi connectivity index (χ3v) is 10.7. The SMILES string of the molecule is C1CCC([N-]C2CCCCC2)CC1.C1CCC([N-]C2CCCCC2)CC1.C1CCC([N-]C2CCCCC2)CC1.[CH3-].[Hf+4]. The number of rotatable bonds is 6. The molecule has 0 amide bonds. The van der Waals surface area contributed by atoms with E-state index in [1.54, 1.807) is 0 Å². The van der Waals surface area contributed by atoms with Gasteiger partial charge in [0.05, 0.1) is 0 Å².